The van der Waals surface area contributed by atoms with Crippen LogP contribution in [-0.2, 0) is 0 Å². The average molecular weight is 888 g/mol. The number of fused-ring (bicyclic) bond motifs is 2. The van der Waals surface area contributed by atoms with E-state index in [0.29, 0.717) is 65.0 Å². The third-order valence-electron chi connectivity index (χ3n) is 7.43. The van der Waals surface area contributed by atoms with Gasteiger partial charge in [-0.05, 0) is 151 Å². The van der Waals surface area contributed by atoms with E-state index in [1.54, 1.807) is 36.4 Å². The maximum Gasteiger partial charge on any atom is 0.168 e. The van der Waals surface area contributed by atoms with Gasteiger partial charge in [0.1, 0.15) is 34.2 Å². The van der Waals surface area contributed by atoms with Crippen LogP contribution in [0.15, 0.2) is 63.0 Å². The molecule has 0 spiro atoms. The Morgan fingerprint density at radius 2 is 0.883 bits per heavy atom. The number of aromatic nitrogens is 4. The minimum absolute atomic E-state index is 0.251. The van der Waals surface area contributed by atoms with Crippen LogP contribution in [0.4, 0.5) is 0 Å². The molecule has 1 aliphatic heterocycles. The van der Waals surface area contributed by atoms with Crippen LogP contribution in [0.1, 0.15) is 117 Å². The maximum atomic E-state index is 10.2. The zero-order chi connectivity index (χ0) is 44.4. The Kier molecular flexibility index (Phi) is 28.9. The zero-order valence-corrected chi connectivity index (χ0v) is 36.0. The Hall–Kier alpha value is -5.72. The number of pyridine rings is 4. The van der Waals surface area contributed by atoms with Crippen molar-refractivity contribution in [1.82, 2.24) is 30.6 Å². The van der Waals surface area contributed by atoms with Crippen molar-refractivity contribution >= 4 is 66.1 Å². The molecule has 0 saturated carbocycles. The summed E-state index contributed by atoms with van der Waals surface area (Å²) >= 11 is 3.14. The first-order valence-corrected chi connectivity index (χ1v) is 20.0. The highest BCUT2D eigenvalue weighted by atomic mass is 79.9. The number of aryl methyl sites for hydroxylation is 3. The van der Waals surface area contributed by atoms with Gasteiger partial charge in [0.05, 0.1) is 11.4 Å². The average Bonchev–Trinajstić information content (AvgIpc) is 3.25. The van der Waals surface area contributed by atoms with E-state index in [-0.39, 0.29) is 11.4 Å². The van der Waals surface area contributed by atoms with Crippen molar-refractivity contribution < 1.29 is 28.8 Å². The largest absolute Gasteiger partial charge is 0.330 e. The summed E-state index contributed by atoms with van der Waals surface area (Å²) in [6.45, 7) is 13.0. The highest BCUT2D eigenvalue weighted by molar-refractivity contribution is 9.10. The molecule has 320 valence electrons. The molecule has 1 aliphatic rings. The van der Waals surface area contributed by atoms with Gasteiger partial charge in [-0.2, -0.15) is 0 Å². The smallest absolute Gasteiger partial charge is 0.168 e. The van der Waals surface area contributed by atoms with Crippen LogP contribution in [0.3, 0.4) is 0 Å². The van der Waals surface area contributed by atoms with Crippen LogP contribution in [-0.4, -0.2) is 122 Å². The first-order chi connectivity index (χ1) is 29.0. The number of carbonyl (C=O) groups is 6. The third kappa shape index (κ3) is 24.9. The van der Waals surface area contributed by atoms with Gasteiger partial charge in [0.15, 0.2) is 37.7 Å². The lowest BCUT2D eigenvalue weighted by molar-refractivity contribution is 0.110. The molecular weight excluding hydrogens is 832 g/mol. The number of hydrogen-bond donors (Lipinski definition) is 4. The van der Waals surface area contributed by atoms with Gasteiger partial charge < -0.3 is 22.1 Å². The molecule has 0 unspecified atom stereocenters. The second-order valence-electron chi connectivity index (χ2n) is 12.9. The van der Waals surface area contributed by atoms with Gasteiger partial charge in [-0.15, -0.1) is 0 Å². The number of nitrogens with one attached hydrogen (secondary N) is 2. The number of aldehydes is 6. The molecule has 0 atom stereocenters. The van der Waals surface area contributed by atoms with Crippen LogP contribution in [0, 0.1) is 20.8 Å². The van der Waals surface area contributed by atoms with Gasteiger partial charge in [0, 0.05) is 30.0 Å². The molecule has 5 heterocycles. The van der Waals surface area contributed by atoms with Crippen molar-refractivity contribution in [1.29, 1.82) is 0 Å². The normalized spacial score (nSPS) is 11.8. The maximum absolute atomic E-state index is 10.2. The predicted octanol–water partition coefficient (Wildman–Crippen LogP) is 4.38. The number of aliphatic imine (C=N–C) groups is 2. The molecule has 0 aromatic carbocycles. The third-order valence-corrected chi connectivity index (χ3v) is 7.88. The Balaban J connectivity index is 0.000000385. The van der Waals surface area contributed by atoms with E-state index >= 15 is 0 Å². The van der Waals surface area contributed by atoms with Crippen molar-refractivity contribution in [3.05, 3.63) is 115 Å². The van der Waals surface area contributed by atoms with E-state index in [1.165, 1.54) is 5.56 Å². The van der Waals surface area contributed by atoms with E-state index in [2.05, 4.69) is 63.4 Å². The molecule has 0 fully saturated rings. The highest BCUT2D eigenvalue weighted by Gasteiger charge is 2.00. The second kappa shape index (κ2) is 33.1. The number of hydrogen-bond acceptors (Lipinski definition) is 16. The van der Waals surface area contributed by atoms with Crippen LogP contribution in [0.2, 0.25) is 0 Å². The van der Waals surface area contributed by atoms with Gasteiger partial charge in [0.2, 0.25) is 0 Å². The van der Waals surface area contributed by atoms with Crippen LogP contribution in [0.5, 0.6) is 0 Å². The summed E-state index contributed by atoms with van der Waals surface area (Å²) < 4.78 is 0.678. The molecule has 2 bridgehead atoms. The topological polar surface area (TPSA) is 255 Å². The molecule has 0 radical (unpaired) electrons. The number of carbonyl (C=O) groups excluding carboxylic acids is 6. The molecule has 17 heteroatoms. The standard InChI is InChI=1S/C14H20N4.2C8H7NO2.C7H4BrNO2.C6H17N3/c1-12-8-13-10-16-6-2-4-15-5-3-7-17-11-14(9-12)18-13;2*1-6-2-7(4-10)9-8(3-6)5-11;8-5-1-6(3-10)9-7(2-5)4-11;7-3-1-5-9-6-2-4-8/h8-11,15H,2-7H2,1H3;2*2-5H,1H3;1-4H;9H,1-8H2. The molecule has 0 saturated heterocycles. The van der Waals surface area contributed by atoms with Gasteiger partial charge in [0.25, 0.3) is 0 Å². The van der Waals surface area contributed by atoms with Crippen molar-refractivity contribution in [2.24, 2.45) is 21.5 Å². The fourth-order valence-corrected chi connectivity index (χ4v) is 5.28. The van der Waals surface area contributed by atoms with Gasteiger partial charge in [-0.1, -0.05) is 15.9 Å². The van der Waals surface area contributed by atoms with Gasteiger partial charge in [-0.3, -0.25) is 38.8 Å². The molecular formula is C43H55BrN10O6. The van der Waals surface area contributed by atoms with Gasteiger partial charge in [-0.25, -0.2) is 19.9 Å². The molecule has 0 aliphatic carbocycles. The second-order valence-corrected chi connectivity index (χ2v) is 13.8. The first kappa shape index (κ1) is 52.3. The van der Waals surface area contributed by atoms with Gasteiger partial charge >= 0.3 is 0 Å². The number of rotatable bonds is 12. The summed E-state index contributed by atoms with van der Waals surface area (Å²) in [5.41, 5.74) is 17.0. The van der Waals surface area contributed by atoms with Crippen molar-refractivity contribution in [3.63, 3.8) is 0 Å². The minimum atomic E-state index is 0.251. The van der Waals surface area contributed by atoms with Crippen LogP contribution < -0.4 is 22.1 Å². The van der Waals surface area contributed by atoms with Crippen LogP contribution in [0.25, 0.3) is 0 Å². The molecule has 60 heavy (non-hydrogen) atoms. The first-order valence-electron chi connectivity index (χ1n) is 19.2. The number of nitrogens with zero attached hydrogens (tertiary/aromatic N) is 6. The summed E-state index contributed by atoms with van der Waals surface area (Å²) in [6.07, 6.45) is 11.7. The number of nitrogens with two attached hydrogens (primary N) is 2. The van der Waals surface area contributed by atoms with E-state index in [9.17, 15) is 28.8 Å². The van der Waals surface area contributed by atoms with E-state index in [1.807, 2.05) is 38.4 Å². The SMILES string of the molecule is Cc1cc(C=O)nc(C=O)c1.Cc1cc(C=O)nc(C=O)c1.Cc1cc2nc(c1)C=NCCCNCCCN=C2.NCCCNCCCN.O=Cc1cc(Br)cc(C=O)n1. The molecule has 0 amide bonds. The van der Waals surface area contributed by atoms with E-state index in [0.717, 1.165) is 101 Å². The fraction of sp³-hybridized carbons (Fsp3) is 0.349. The zero-order valence-electron chi connectivity index (χ0n) is 34.4. The molecule has 16 nitrogen and oxygen atoms in total. The Morgan fingerprint density at radius 3 is 1.22 bits per heavy atom. The Bertz CT molecular complexity index is 1730. The van der Waals surface area contributed by atoms with E-state index in [4.69, 9.17) is 11.5 Å². The lowest BCUT2D eigenvalue weighted by Gasteiger charge is -2.03. The summed E-state index contributed by atoms with van der Waals surface area (Å²) in [5.74, 6) is 0. The molecule has 4 aromatic heterocycles. The molecule has 6 N–H and O–H groups in total. The monoisotopic (exact) mass is 886 g/mol. The number of halogens is 1. The highest BCUT2D eigenvalue weighted by Crippen LogP contribution is 2.10. The fourth-order valence-electron chi connectivity index (χ4n) is 4.81. The molecule has 5 rings (SSSR count). The van der Waals surface area contributed by atoms with Crippen molar-refractivity contribution in [3.8, 4) is 0 Å². The molecule has 4 aromatic rings. The summed E-state index contributed by atoms with van der Waals surface area (Å²) in [4.78, 5) is 85.9. The lowest BCUT2D eigenvalue weighted by Crippen LogP contribution is -2.21. The summed E-state index contributed by atoms with van der Waals surface area (Å²) in [7, 11) is 0. The Labute approximate surface area is 359 Å². The minimum Gasteiger partial charge on any atom is -0.330 e. The van der Waals surface area contributed by atoms with Crippen molar-refractivity contribution in [2.75, 3.05) is 52.4 Å². The van der Waals surface area contributed by atoms with E-state index < -0.39 is 0 Å². The summed E-state index contributed by atoms with van der Waals surface area (Å²) in [6, 6.07) is 13.7. The van der Waals surface area contributed by atoms with Crippen LogP contribution >= 0.6 is 15.9 Å². The quantitative estimate of drug-likeness (QED) is 0.114. The lowest BCUT2D eigenvalue weighted by atomic mass is 10.2. The van der Waals surface area contributed by atoms with Crippen molar-refractivity contribution in [2.45, 2.75) is 46.5 Å². The predicted molar refractivity (Wildman–Crippen MR) is 238 cm³/mol. The Morgan fingerprint density at radius 1 is 0.550 bits per heavy atom. The summed E-state index contributed by atoms with van der Waals surface area (Å²) in [5, 5.41) is 6.62.